The zero-order chi connectivity index (χ0) is 15.4. The van der Waals surface area contributed by atoms with Crippen LogP contribution in [0.15, 0.2) is 24.4 Å². The van der Waals surface area contributed by atoms with E-state index in [4.69, 9.17) is 9.84 Å². The lowest BCUT2D eigenvalue weighted by Gasteiger charge is -2.04. The topological polar surface area (TPSA) is 68.5 Å². The minimum Gasteiger partial charge on any atom is -0.496 e. The molecule has 0 unspecified atom stereocenters. The summed E-state index contributed by atoms with van der Waals surface area (Å²) in [6.45, 7) is 0. The van der Waals surface area contributed by atoms with Crippen LogP contribution in [-0.4, -0.2) is 28.5 Å². The van der Waals surface area contributed by atoms with Gasteiger partial charge in [0.05, 0.1) is 18.0 Å². The minimum atomic E-state index is -0.825. The Balaban J connectivity index is 2.21. The van der Waals surface area contributed by atoms with E-state index in [0.29, 0.717) is 30.6 Å². The number of carbonyl (C=O) groups excluding carboxylic acids is 1. The van der Waals surface area contributed by atoms with Crippen LogP contribution in [0.4, 0.5) is 0 Å². The summed E-state index contributed by atoms with van der Waals surface area (Å²) in [5, 5.41) is 9.43. The van der Waals surface area contributed by atoms with Crippen molar-refractivity contribution in [2.24, 2.45) is 7.05 Å². The summed E-state index contributed by atoms with van der Waals surface area (Å²) in [6.07, 6.45) is 3.36. The summed E-state index contributed by atoms with van der Waals surface area (Å²) in [5.41, 5.74) is 1.59. The van der Waals surface area contributed by atoms with E-state index in [1.54, 1.807) is 7.11 Å². The Labute approximate surface area is 123 Å². The number of aromatic nitrogens is 1. The molecule has 5 nitrogen and oxygen atoms in total. The van der Waals surface area contributed by atoms with Crippen LogP contribution in [0.2, 0.25) is 0 Å². The van der Waals surface area contributed by atoms with Gasteiger partial charge < -0.3 is 14.4 Å². The number of unbranched alkanes of at least 4 members (excludes halogenated alkanes) is 1. The highest BCUT2D eigenvalue weighted by atomic mass is 16.5. The summed E-state index contributed by atoms with van der Waals surface area (Å²) >= 11 is 0. The molecule has 0 saturated carbocycles. The molecule has 2 rings (SSSR count). The molecule has 0 aliphatic carbocycles. The smallest absolute Gasteiger partial charge is 0.303 e. The molecule has 0 amide bonds. The van der Waals surface area contributed by atoms with Gasteiger partial charge in [-0.05, 0) is 25.0 Å². The number of methoxy groups -OCH3 is 1. The first-order chi connectivity index (χ1) is 10.0. The SMILES string of the molecule is COc1cccc2c1c(C(=O)CCCCC(=O)O)cn2C. The number of benzene rings is 1. The summed E-state index contributed by atoms with van der Waals surface area (Å²) in [5.74, 6) is -0.119. The van der Waals surface area contributed by atoms with E-state index in [1.165, 1.54) is 0 Å². The van der Waals surface area contributed by atoms with Crippen molar-refractivity contribution >= 4 is 22.7 Å². The second-order valence-corrected chi connectivity index (χ2v) is 5.03. The Hall–Kier alpha value is -2.30. The van der Waals surface area contributed by atoms with Crippen molar-refractivity contribution in [1.82, 2.24) is 4.57 Å². The Morgan fingerprint density at radius 3 is 2.62 bits per heavy atom. The van der Waals surface area contributed by atoms with E-state index in [-0.39, 0.29) is 12.2 Å². The highest BCUT2D eigenvalue weighted by Gasteiger charge is 2.17. The van der Waals surface area contributed by atoms with E-state index in [0.717, 1.165) is 10.9 Å². The van der Waals surface area contributed by atoms with Gasteiger partial charge in [0.15, 0.2) is 5.78 Å². The maximum absolute atomic E-state index is 12.4. The van der Waals surface area contributed by atoms with Gasteiger partial charge in [0.1, 0.15) is 5.75 Å². The van der Waals surface area contributed by atoms with E-state index in [2.05, 4.69) is 0 Å². The molecule has 112 valence electrons. The highest BCUT2D eigenvalue weighted by molar-refractivity contribution is 6.10. The lowest BCUT2D eigenvalue weighted by Crippen LogP contribution is -2.00. The maximum Gasteiger partial charge on any atom is 0.303 e. The fraction of sp³-hybridized carbons (Fsp3) is 0.375. The van der Waals surface area contributed by atoms with Gasteiger partial charge in [-0.2, -0.15) is 0 Å². The maximum atomic E-state index is 12.4. The first-order valence-electron chi connectivity index (χ1n) is 6.91. The van der Waals surface area contributed by atoms with Crippen molar-refractivity contribution in [3.63, 3.8) is 0 Å². The van der Waals surface area contributed by atoms with Gasteiger partial charge in [-0.1, -0.05) is 6.07 Å². The van der Waals surface area contributed by atoms with Crippen LogP contribution in [-0.2, 0) is 11.8 Å². The molecule has 0 aliphatic heterocycles. The van der Waals surface area contributed by atoms with E-state index >= 15 is 0 Å². The molecule has 2 aromatic rings. The van der Waals surface area contributed by atoms with Gasteiger partial charge in [-0.15, -0.1) is 0 Å². The molecule has 1 N–H and O–H groups in total. The van der Waals surface area contributed by atoms with Crippen molar-refractivity contribution in [2.75, 3.05) is 7.11 Å². The number of rotatable bonds is 7. The number of hydrogen-bond acceptors (Lipinski definition) is 3. The lowest BCUT2D eigenvalue weighted by molar-refractivity contribution is -0.137. The number of Topliss-reactive ketones (excluding diaryl/α,β-unsaturated/α-hetero) is 1. The van der Waals surface area contributed by atoms with E-state index in [1.807, 2.05) is 36.0 Å². The molecule has 5 heteroatoms. The third kappa shape index (κ3) is 3.24. The third-order valence-corrected chi connectivity index (χ3v) is 3.54. The Kier molecular flexibility index (Phi) is 4.62. The van der Waals surface area contributed by atoms with E-state index < -0.39 is 5.97 Å². The number of ketones is 1. The number of carboxylic acid groups (broad SMARTS) is 1. The largest absolute Gasteiger partial charge is 0.496 e. The van der Waals surface area contributed by atoms with Crippen LogP contribution in [0, 0.1) is 0 Å². The standard InChI is InChI=1S/C16H19NO4/c1-17-10-11(13(18)7-3-4-9-15(19)20)16-12(17)6-5-8-14(16)21-2/h5-6,8,10H,3-4,7,9H2,1-2H3,(H,19,20). The number of nitrogens with zero attached hydrogens (tertiary/aromatic N) is 1. The predicted molar refractivity (Wildman–Crippen MR) is 79.9 cm³/mol. The van der Waals surface area contributed by atoms with Crippen LogP contribution in [0.3, 0.4) is 0 Å². The molecule has 1 heterocycles. The number of carboxylic acids is 1. The molecule has 0 radical (unpaired) electrons. The number of hydrogen-bond donors (Lipinski definition) is 1. The number of carbonyl (C=O) groups is 2. The quantitative estimate of drug-likeness (QED) is 0.628. The highest BCUT2D eigenvalue weighted by Crippen LogP contribution is 2.31. The molecule has 0 fully saturated rings. The average Bonchev–Trinajstić information content (AvgIpc) is 2.81. The number of aliphatic carboxylic acids is 1. The van der Waals surface area contributed by atoms with Crippen LogP contribution >= 0.6 is 0 Å². The van der Waals surface area contributed by atoms with Crippen molar-refractivity contribution in [2.45, 2.75) is 25.7 Å². The molecule has 0 saturated heterocycles. The van der Waals surface area contributed by atoms with Crippen molar-refractivity contribution < 1.29 is 19.4 Å². The van der Waals surface area contributed by atoms with Crippen LogP contribution in [0.1, 0.15) is 36.0 Å². The van der Waals surface area contributed by atoms with Crippen LogP contribution < -0.4 is 4.74 Å². The molecule has 0 atom stereocenters. The minimum absolute atomic E-state index is 0.0236. The fourth-order valence-electron chi connectivity index (χ4n) is 2.49. The lowest BCUT2D eigenvalue weighted by atomic mass is 10.0. The van der Waals surface area contributed by atoms with E-state index in [9.17, 15) is 9.59 Å². The third-order valence-electron chi connectivity index (χ3n) is 3.54. The first-order valence-corrected chi connectivity index (χ1v) is 6.91. The molecule has 1 aromatic heterocycles. The van der Waals surface area contributed by atoms with Gasteiger partial charge in [0.25, 0.3) is 0 Å². The molecule has 0 bridgehead atoms. The average molecular weight is 289 g/mol. The molecular formula is C16H19NO4. The Bertz CT molecular complexity index is 672. The normalized spacial score (nSPS) is 10.8. The molecule has 0 aliphatic rings. The number of ether oxygens (including phenoxy) is 1. The fourth-order valence-corrected chi connectivity index (χ4v) is 2.49. The molecular weight excluding hydrogens is 270 g/mol. The van der Waals surface area contributed by atoms with Crippen LogP contribution in [0.25, 0.3) is 10.9 Å². The van der Waals surface area contributed by atoms with Gasteiger partial charge in [0.2, 0.25) is 0 Å². The van der Waals surface area contributed by atoms with Gasteiger partial charge >= 0.3 is 5.97 Å². The second kappa shape index (κ2) is 6.43. The zero-order valence-corrected chi connectivity index (χ0v) is 12.3. The van der Waals surface area contributed by atoms with Gasteiger partial charge in [-0.3, -0.25) is 9.59 Å². The number of fused-ring (bicyclic) bond motifs is 1. The van der Waals surface area contributed by atoms with Crippen molar-refractivity contribution in [1.29, 1.82) is 0 Å². The molecule has 21 heavy (non-hydrogen) atoms. The Morgan fingerprint density at radius 1 is 1.24 bits per heavy atom. The first kappa shape index (κ1) is 15.1. The summed E-state index contributed by atoms with van der Waals surface area (Å²) < 4.78 is 7.25. The van der Waals surface area contributed by atoms with Crippen molar-refractivity contribution in [3.05, 3.63) is 30.0 Å². The predicted octanol–water partition coefficient (Wildman–Crippen LogP) is 3.01. The van der Waals surface area contributed by atoms with Crippen molar-refractivity contribution in [3.8, 4) is 5.75 Å². The molecule has 0 spiro atoms. The monoisotopic (exact) mass is 289 g/mol. The molecule has 1 aromatic carbocycles. The Morgan fingerprint density at radius 2 is 1.95 bits per heavy atom. The summed E-state index contributed by atoms with van der Waals surface area (Å²) in [6, 6.07) is 5.67. The van der Waals surface area contributed by atoms with Gasteiger partial charge in [0, 0.05) is 31.6 Å². The van der Waals surface area contributed by atoms with Gasteiger partial charge in [-0.25, -0.2) is 0 Å². The van der Waals surface area contributed by atoms with Crippen LogP contribution in [0.5, 0.6) is 5.75 Å². The summed E-state index contributed by atoms with van der Waals surface area (Å²) in [4.78, 5) is 22.8. The second-order valence-electron chi connectivity index (χ2n) is 5.03. The summed E-state index contributed by atoms with van der Waals surface area (Å²) in [7, 11) is 3.48. The number of aryl methyl sites for hydroxylation is 1. The zero-order valence-electron chi connectivity index (χ0n) is 12.3.